The third-order valence-corrected chi connectivity index (χ3v) is 0. The Morgan fingerprint density at radius 2 is 1.00 bits per heavy atom. The highest BCUT2D eigenvalue weighted by Gasteiger charge is 1.70. The molecule has 0 spiro atoms. The molecule has 0 saturated heterocycles. The third-order valence-electron chi connectivity index (χ3n) is 0. The molecule has 8 heavy (non-hydrogen) atoms. The molecule has 2 atom stereocenters. The van der Waals surface area contributed by atoms with Crippen LogP contribution in [0, 0.1) is 0 Å². The van der Waals surface area contributed by atoms with Gasteiger partial charge in [0.05, 0.1) is 10.9 Å². The quantitative estimate of drug-likeness (QED) is 0.305. The van der Waals surface area contributed by atoms with Gasteiger partial charge in [0.2, 0.25) is 0 Å². The SMILES string of the molecule is CC(O)S.CC(O)S. The molecule has 2 unspecified atom stereocenters. The summed E-state index contributed by atoms with van der Waals surface area (Å²) < 4.78 is 0. The maximum Gasteiger partial charge on any atom is 0.0936 e. The Bertz CT molecular complexity index is 27.5. The highest BCUT2D eigenvalue weighted by atomic mass is 32.1. The summed E-state index contributed by atoms with van der Waals surface area (Å²) >= 11 is 7.04. The van der Waals surface area contributed by atoms with Gasteiger partial charge in [0, 0.05) is 0 Å². The van der Waals surface area contributed by atoms with Crippen molar-refractivity contribution in [3.8, 4) is 0 Å². The molecule has 2 nitrogen and oxygen atoms in total. The average molecular weight is 156 g/mol. The summed E-state index contributed by atoms with van der Waals surface area (Å²) in [5.41, 5.74) is -0.944. The second-order valence-corrected chi connectivity index (χ2v) is 2.76. The fourth-order valence-corrected chi connectivity index (χ4v) is 0. The van der Waals surface area contributed by atoms with Crippen LogP contribution in [0.4, 0.5) is 0 Å². The van der Waals surface area contributed by atoms with Gasteiger partial charge in [-0.2, -0.15) is 0 Å². The Morgan fingerprint density at radius 1 is 1.00 bits per heavy atom. The molecule has 0 aliphatic heterocycles. The van der Waals surface area contributed by atoms with Crippen LogP contribution in [0.3, 0.4) is 0 Å². The van der Waals surface area contributed by atoms with E-state index in [1.807, 2.05) is 0 Å². The van der Waals surface area contributed by atoms with E-state index in [4.69, 9.17) is 10.2 Å². The summed E-state index contributed by atoms with van der Waals surface area (Å²) in [6.45, 7) is 3.17. The number of hydrogen-bond acceptors (Lipinski definition) is 4. The zero-order valence-corrected chi connectivity index (χ0v) is 6.73. The van der Waals surface area contributed by atoms with Crippen molar-refractivity contribution in [1.29, 1.82) is 0 Å². The topological polar surface area (TPSA) is 40.5 Å². The van der Waals surface area contributed by atoms with Crippen molar-refractivity contribution in [2.75, 3.05) is 0 Å². The largest absolute Gasteiger partial charge is 0.383 e. The predicted molar refractivity (Wildman–Crippen MR) is 41.3 cm³/mol. The molecule has 0 saturated carbocycles. The molecule has 0 bridgehead atoms. The first kappa shape index (κ1) is 11.4. The lowest BCUT2D eigenvalue weighted by atomic mass is 10.9. The van der Waals surface area contributed by atoms with Gasteiger partial charge in [0.25, 0.3) is 0 Å². The van der Waals surface area contributed by atoms with E-state index < -0.39 is 10.9 Å². The van der Waals surface area contributed by atoms with Crippen molar-refractivity contribution in [3.63, 3.8) is 0 Å². The summed E-state index contributed by atoms with van der Waals surface area (Å²) in [6, 6.07) is 0. The molecule has 0 aromatic rings. The van der Waals surface area contributed by atoms with Crippen molar-refractivity contribution < 1.29 is 10.2 Å². The molecule has 0 rings (SSSR count). The van der Waals surface area contributed by atoms with Crippen LogP contribution in [0.15, 0.2) is 0 Å². The molecule has 0 amide bonds. The Balaban J connectivity index is 0. The van der Waals surface area contributed by atoms with Crippen LogP contribution < -0.4 is 0 Å². The summed E-state index contributed by atoms with van der Waals surface area (Å²) in [5, 5.41) is 15.8. The number of aliphatic hydroxyl groups excluding tert-OH is 2. The second-order valence-electron chi connectivity index (χ2n) is 1.26. The highest BCUT2D eigenvalue weighted by molar-refractivity contribution is 7.80. The van der Waals surface area contributed by atoms with Crippen LogP contribution in [-0.2, 0) is 0 Å². The van der Waals surface area contributed by atoms with Gasteiger partial charge in [-0.25, -0.2) is 0 Å². The van der Waals surface area contributed by atoms with Crippen molar-refractivity contribution in [1.82, 2.24) is 0 Å². The van der Waals surface area contributed by atoms with E-state index in [0.717, 1.165) is 0 Å². The number of hydrogen-bond donors (Lipinski definition) is 4. The smallest absolute Gasteiger partial charge is 0.0936 e. The van der Waals surface area contributed by atoms with E-state index in [1.165, 1.54) is 0 Å². The molecule has 0 aromatic heterocycles. The van der Waals surface area contributed by atoms with Gasteiger partial charge in [-0.1, -0.05) is 0 Å². The fraction of sp³-hybridized carbons (Fsp3) is 1.00. The zero-order chi connectivity index (χ0) is 7.15. The minimum absolute atomic E-state index is 0.472. The summed E-state index contributed by atoms with van der Waals surface area (Å²) in [6.07, 6.45) is 0. The molecule has 0 heterocycles. The van der Waals surface area contributed by atoms with Crippen molar-refractivity contribution >= 4 is 25.3 Å². The van der Waals surface area contributed by atoms with Crippen LogP contribution in [0.5, 0.6) is 0 Å². The lowest BCUT2D eigenvalue weighted by Crippen LogP contribution is -1.79. The fourth-order valence-electron chi connectivity index (χ4n) is 0. The standard InChI is InChI=1S/2C2H6OS/c2*1-2(3)4/h2*2-4H,1H3. The predicted octanol–water partition coefficient (Wildman–Crippen LogP) is 0.509. The van der Waals surface area contributed by atoms with E-state index in [-0.39, 0.29) is 0 Å². The Hall–Kier alpha value is 0.620. The van der Waals surface area contributed by atoms with Gasteiger partial charge in [0.15, 0.2) is 0 Å². The molecule has 52 valence electrons. The summed E-state index contributed by atoms with van der Waals surface area (Å²) in [4.78, 5) is 0. The summed E-state index contributed by atoms with van der Waals surface area (Å²) in [7, 11) is 0. The first-order chi connectivity index (χ1) is 3.46. The highest BCUT2D eigenvalue weighted by Crippen LogP contribution is 1.78. The van der Waals surface area contributed by atoms with Crippen molar-refractivity contribution in [3.05, 3.63) is 0 Å². The van der Waals surface area contributed by atoms with Crippen LogP contribution in [0.1, 0.15) is 13.8 Å². The maximum absolute atomic E-state index is 7.92. The van der Waals surface area contributed by atoms with Gasteiger partial charge < -0.3 is 10.2 Å². The molecule has 2 N–H and O–H groups in total. The average Bonchev–Trinajstić information content (AvgIpc) is 1.25. The van der Waals surface area contributed by atoms with E-state index in [9.17, 15) is 0 Å². The molecule has 4 heteroatoms. The Morgan fingerprint density at radius 3 is 1.00 bits per heavy atom. The van der Waals surface area contributed by atoms with E-state index >= 15 is 0 Å². The van der Waals surface area contributed by atoms with Gasteiger partial charge in [-0.3, -0.25) is 0 Å². The van der Waals surface area contributed by atoms with Gasteiger partial charge in [0.1, 0.15) is 0 Å². The minimum Gasteiger partial charge on any atom is -0.383 e. The molecule has 0 aromatic carbocycles. The number of aliphatic hydroxyl groups is 2. The van der Waals surface area contributed by atoms with Crippen LogP contribution in [-0.4, -0.2) is 21.1 Å². The third kappa shape index (κ3) is 544. The molecule has 0 aliphatic carbocycles. The van der Waals surface area contributed by atoms with Gasteiger partial charge in [-0.15, -0.1) is 25.3 Å². The second kappa shape index (κ2) is 7.62. The van der Waals surface area contributed by atoms with Crippen molar-refractivity contribution in [2.45, 2.75) is 24.7 Å². The Labute approximate surface area is 60.7 Å². The van der Waals surface area contributed by atoms with Crippen molar-refractivity contribution in [2.24, 2.45) is 0 Å². The minimum atomic E-state index is -0.472. The first-order valence-electron chi connectivity index (χ1n) is 2.19. The number of rotatable bonds is 0. The van der Waals surface area contributed by atoms with Crippen LogP contribution in [0.2, 0.25) is 0 Å². The van der Waals surface area contributed by atoms with Crippen LogP contribution >= 0.6 is 25.3 Å². The lowest BCUT2D eigenvalue weighted by Gasteiger charge is -1.79. The molecular weight excluding hydrogens is 144 g/mol. The monoisotopic (exact) mass is 156 g/mol. The molecule has 0 radical (unpaired) electrons. The lowest BCUT2D eigenvalue weighted by molar-refractivity contribution is 0.286. The van der Waals surface area contributed by atoms with E-state index in [1.54, 1.807) is 13.8 Å². The molecular formula is C4H12O2S2. The van der Waals surface area contributed by atoms with E-state index in [0.29, 0.717) is 0 Å². The molecule has 0 fully saturated rings. The van der Waals surface area contributed by atoms with E-state index in [2.05, 4.69) is 25.3 Å². The summed E-state index contributed by atoms with van der Waals surface area (Å²) in [5.74, 6) is 0. The zero-order valence-electron chi connectivity index (χ0n) is 4.94. The number of thiol groups is 2. The van der Waals surface area contributed by atoms with Gasteiger partial charge in [-0.05, 0) is 13.8 Å². The maximum atomic E-state index is 7.92. The first-order valence-corrected chi connectivity index (χ1v) is 3.22. The van der Waals surface area contributed by atoms with Gasteiger partial charge >= 0.3 is 0 Å². The Kier molecular flexibility index (Phi) is 10.9. The van der Waals surface area contributed by atoms with Crippen LogP contribution in [0.25, 0.3) is 0 Å². The normalized spacial score (nSPS) is 15.8. The molecule has 0 aliphatic rings.